The van der Waals surface area contributed by atoms with Crippen molar-refractivity contribution in [2.24, 2.45) is 0 Å². The second-order valence-electron chi connectivity index (χ2n) is 4.75. The Labute approximate surface area is 112 Å². The lowest BCUT2D eigenvalue weighted by molar-refractivity contribution is -0.115. The molecular formula is C14H18N4O. The predicted molar refractivity (Wildman–Crippen MR) is 76.0 cm³/mol. The smallest absolute Gasteiger partial charge is 0.230 e. The Hall–Kier alpha value is -2.30. The molecule has 100 valence electrons. The number of aryl methyl sites for hydroxylation is 3. The summed E-state index contributed by atoms with van der Waals surface area (Å²) in [6.07, 6.45) is 0.312. The number of carbonyl (C=O) groups is 1. The van der Waals surface area contributed by atoms with Crippen molar-refractivity contribution in [2.75, 3.05) is 11.1 Å². The first-order valence-corrected chi connectivity index (χ1v) is 6.14. The summed E-state index contributed by atoms with van der Waals surface area (Å²) in [6.45, 7) is 5.89. The minimum Gasteiger partial charge on any atom is -0.394 e. The molecule has 0 saturated heterocycles. The summed E-state index contributed by atoms with van der Waals surface area (Å²) in [5.41, 5.74) is 10.4. The predicted octanol–water partition coefficient (Wildman–Crippen LogP) is 2.10. The number of rotatable bonds is 3. The molecule has 1 heterocycles. The number of nitrogens with two attached hydrogens (primary N) is 1. The molecule has 0 bridgehead atoms. The molecule has 19 heavy (non-hydrogen) atoms. The van der Waals surface area contributed by atoms with Crippen LogP contribution in [0, 0.1) is 20.8 Å². The Bertz CT molecular complexity index is 616. The molecule has 1 amide bonds. The van der Waals surface area contributed by atoms with Crippen LogP contribution in [0.5, 0.6) is 0 Å². The number of nitrogens with one attached hydrogen (secondary N) is 2. The van der Waals surface area contributed by atoms with Gasteiger partial charge in [0.1, 0.15) is 0 Å². The highest BCUT2D eigenvalue weighted by Crippen LogP contribution is 2.18. The molecule has 5 nitrogen and oxygen atoms in total. The standard InChI is InChI=1S/C14H18N4O/c1-8-4-5-11(6-9(8)2)7-12(19)16-14-13(15)10(3)17-18-14/h4-6H,7,15H2,1-3H3,(H2,16,17,18,19). The van der Waals surface area contributed by atoms with Gasteiger partial charge in [-0.2, -0.15) is 5.10 Å². The number of benzene rings is 1. The quantitative estimate of drug-likeness (QED) is 0.788. The molecule has 1 aromatic carbocycles. The van der Waals surface area contributed by atoms with Crippen LogP contribution in [0.4, 0.5) is 11.5 Å². The molecule has 0 unspecified atom stereocenters. The fraction of sp³-hybridized carbons (Fsp3) is 0.286. The van der Waals surface area contributed by atoms with Crippen molar-refractivity contribution in [3.05, 3.63) is 40.6 Å². The van der Waals surface area contributed by atoms with Gasteiger partial charge in [-0.15, -0.1) is 0 Å². The minimum absolute atomic E-state index is 0.124. The largest absolute Gasteiger partial charge is 0.394 e. The number of aromatic amines is 1. The molecule has 0 saturated carbocycles. The van der Waals surface area contributed by atoms with E-state index in [9.17, 15) is 4.79 Å². The Kier molecular flexibility index (Phi) is 3.55. The number of carbonyl (C=O) groups excluding carboxylic acids is 1. The van der Waals surface area contributed by atoms with E-state index in [-0.39, 0.29) is 5.91 Å². The molecule has 0 spiro atoms. The van der Waals surface area contributed by atoms with Crippen molar-refractivity contribution in [2.45, 2.75) is 27.2 Å². The number of nitrogen functional groups attached to an aromatic ring is 1. The van der Waals surface area contributed by atoms with E-state index in [0.29, 0.717) is 17.9 Å². The van der Waals surface area contributed by atoms with Crippen LogP contribution in [0.25, 0.3) is 0 Å². The summed E-state index contributed by atoms with van der Waals surface area (Å²) in [5, 5.41) is 9.39. The van der Waals surface area contributed by atoms with Crippen LogP contribution in [-0.2, 0) is 11.2 Å². The zero-order valence-electron chi connectivity index (χ0n) is 11.4. The van der Waals surface area contributed by atoms with Crippen LogP contribution in [0.2, 0.25) is 0 Å². The normalized spacial score (nSPS) is 10.5. The first kappa shape index (κ1) is 13.1. The van der Waals surface area contributed by atoms with E-state index in [1.54, 1.807) is 6.92 Å². The maximum absolute atomic E-state index is 11.9. The zero-order valence-corrected chi connectivity index (χ0v) is 11.4. The molecule has 2 aromatic rings. The first-order chi connectivity index (χ1) is 8.97. The third-order valence-corrected chi connectivity index (χ3v) is 3.19. The zero-order chi connectivity index (χ0) is 14.0. The summed E-state index contributed by atoms with van der Waals surface area (Å²) in [5.74, 6) is 0.271. The summed E-state index contributed by atoms with van der Waals surface area (Å²) >= 11 is 0. The highest BCUT2D eigenvalue weighted by atomic mass is 16.1. The third kappa shape index (κ3) is 2.93. The van der Waals surface area contributed by atoms with Gasteiger partial charge in [-0.1, -0.05) is 18.2 Å². The lowest BCUT2D eigenvalue weighted by atomic mass is 10.0. The SMILES string of the molecule is Cc1ccc(CC(=O)Nc2n[nH]c(C)c2N)cc1C. The van der Waals surface area contributed by atoms with E-state index in [2.05, 4.69) is 15.5 Å². The van der Waals surface area contributed by atoms with Crippen LogP contribution < -0.4 is 11.1 Å². The van der Waals surface area contributed by atoms with Crippen LogP contribution >= 0.6 is 0 Å². The lowest BCUT2D eigenvalue weighted by Gasteiger charge is -2.06. The van der Waals surface area contributed by atoms with Crippen molar-refractivity contribution in [3.63, 3.8) is 0 Å². The second-order valence-corrected chi connectivity index (χ2v) is 4.75. The summed E-state index contributed by atoms with van der Waals surface area (Å²) in [6, 6.07) is 6.00. The second kappa shape index (κ2) is 5.14. The molecule has 0 radical (unpaired) electrons. The molecule has 0 atom stereocenters. The van der Waals surface area contributed by atoms with Gasteiger partial charge in [-0.3, -0.25) is 9.89 Å². The van der Waals surface area contributed by atoms with Crippen molar-refractivity contribution in [3.8, 4) is 0 Å². The fourth-order valence-electron chi connectivity index (χ4n) is 1.81. The number of H-pyrrole nitrogens is 1. The van der Waals surface area contributed by atoms with Crippen LogP contribution in [0.1, 0.15) is 22.4 Å². The van der Waals surface area contributed by atoms with Crippen molar-refractivity contribution in [1.82, 2.24) is 10.2 Å². The van der Waals surface area contributed by atoms with Gasteiger partial charge >= 0.3 is 0 Å². The molecule has 2 rings (SSSR count). The van der Waals surface area contributed by atoms with Gasteiger partial charge in [-0.05, 0) is 37.5 Å². The Balaban J connectivity index is 2.05. The monoisotopic (exact) mass is 258 g/mol. The molecule has 1 aromatic heterocycles. The molecular weight excluding hydrogens is 240 g/mol. The van der Waals surface area contributed by atoms with E-state index in [1.165, 1.54) is 11.1 Å². The third-order valence-electron chi connectivity index (χ3n) is 3.19. The van der Waals surface area contributed by atoms with Gasteiger partial charge in [0, 0.05) is 0 Å². The Morgan fingerprint density at radius 1 is 1.32 bits per heavy atom. The highest BCUT2D eigenvalue weighted by molar-refractivity contribution is 5.94. The first-order valence-electron chi connectivity index (χ1n) is 6.14. The Morgan fingerprint density at radius 3 is 2.63 bits per heavy atom. The van der Waals surface area contributed by atoms with E-state index < -0.39 is 0 Å². The summed E-state index contributed by atoms with van der Waals surface area (Å²) in [7, 11) is 0. The highest BCUT2D eigenvalue weighted by Gasteiger charge is 2.11. The average Bonchev–Trinajstić information content (AvgIpc) is 2.66. The molecule has 4 N–H and O–H groups in total. The molecule has 0 aliphatic rings. The molecule has 0 fully saturated rings. The molecule has 5 heteroatoms. The van der Waals surface area contributed by atoms with Crippen molar-refractivity contribution >= 4 is 17.4 Å². The van der Waals surface area contributed by atoms with E-state index in [1.807, 2.05) is 32.0 Å². The minimum atomic E-state index is -0.124. The fourth-order valence-corrected chi connectivity index (χ4v) is 1.81. The summed E-state index contributed by atoms with van der Waals surface area (Å²) < 4.78 is 0. The van der Waals surface area contributed by atoms with E-state index in [4.69, 9.17) is 5.73 Å². The van der Waals surface area contributed by atoms with E-state index >= 15 is 0 Å². The molecule has 0 aliphatic carbocycles. The lowest BCUT2D eigenvalue weighted by Crippen LogP contribution is -2.15. The van der Waals surface area contributed by atoms with Crippen LogP contribution in [0.3, 0.4) is 0 Å². The number of hydrogen-bond donors (Lipinski definition) is 3. The van der Waals surface area contributed by atoms with Gasteiger partial charge in [0.25, 0.3) is 0 Å². The number of nitrogens with zero attached hydrogens (tertiary/aromatic N) is 1. The Morgan fingerprint density at radius 2 is 2.05 bits per heavy atom. The van der Waals surface area contributed by atoms with Gasteiger partial charge in [0.05, 0.1) is 17.8 Å². The summed E-state index contributed by atoms with van der Waals surface area (Å²) in [4.78, 5) is 11.9. The number of hydrogen-bond acceptors (Lipinski definition) is 3. The number of amides is 1. The van der Waals surface area contributed by atoms with E-state index in [0.717, 1.165) is 11.3 Å². The topological polar surface area (TPSA) is 83.8 Å². The number of anilines is 2. The van der Waals surface area contributed by atoms with Gasteiger partial charge in [0.15, 0.2) is 5.82 Å². The molecule has 0 aliphatic heterocycles. The van der Waals surface area contributed by atoms with Crippen LogP contribution in [0.15, 0.2) is 18.2 Å². The van der Waals surface area contributed by atoms with Crippen molar-refractivity contribution in [1.29, 1.82) is 0 Å². The maximum atomic E-state index is 11.9. The number of aromatic nitrogens is 2. The average molecular weight is 258 g/mol. The van der Waals surface area contributed by atoms with Crippen molar-refractivity contribution < 1.29 is 4.79 Å². The van der Waals surface area contributed by atoms with Gasteiger partial charge in [-0.25, -0.2) is 0 Å². The van der Waals surface area contributed by atoms with Crippen LogP contribution in [-0.4, -0.2) is 16.1 Å². The van der Waals surface area contributed by atoms with Gasteiger partial charge < -0.3 is 11.1 Å². The maximum Gasteiger partial charge on any atom is 0.230 e. The van der Waals surface area contributed by atoms with Gasteiger partial charge in [0.2, 0.25) is 5.91 Å².